The number of nitrogens with zero attached hydrogens (tertiary/aromatic N) is 6. The van der Waals surface area contributed by atoms with Gasteiger partial charge in [-0.3, -0.25) is 14.8 Å². The molecule has 1 N–H and O–H groups in total. The topological polar surface area (TPSA) is 112 Å². The Labute approximate surface area is 143 Å². The van der Waals surface area contributed by atoms with Gasteiger partial charge in [0.15, 0.2) is 5.82 Å². The van der Waals surface area contributed by atoms with Gasteiger partial charge in [0, 0.05) is 5.56 Å². The van der Waals surface area contributed by atoms with E-state index in [1.54, 1.807) is 11.6 Å². The average molecular weight is 342 g/mol. The molecule has 0 aliphatic carbocycles. The summed E-state index contributed by atoms with van der Waals surface area (Å²) in [5, 5.41) is 29.2. The molecule has 0 saturated carbocycles. The Bertz CT molecular complexity index is 901. The molecule has 3 aromatic rings. The van der Waals surface area contributed by atoms with Gasteiger partial charge in [0.2, 0.25) is 0 Å². The lowest BCUT2D eigenvalue weighted by atomic mass is 10.1. The van der Waals surface area contributed by atoms with Crippen LogP contribution in [0.25, 0.3) is 11.4 Å². The van der Waals surface area contributed by atoms with Crippen LogP contribution in [0.15, 0.2) is 36.7 Å². The first-order chi connectivity index (χ1) is 11.9. The van der Waals surface area contributed by atoms with Gasteiger partial charge < -0.3 is 5.11 Å². The molecule has 3 rings (SSSR count). The Morgan fingerprint density at radius 2 is 2.12 bits per heavy atom. The number of nitro groups is 1. The second kappa shape index (κ2) is 6.81. The van der Waals surface area contributed by atoms with Gasteiger partial charge in [-0.05, 0) is 19.9 Å². The van der Waals surface area contributed by atoms with Crippen molar-refractivity contribution in [1.29, 1.82) is 0 Å². The van der Waals surface area contributed by atoms with Crippen LogP contribution < -0.4 is 0 Å². The highest BCUT2D eigenvalue weighted by Crippen LogP contribution is 2.19. The molecule has 2 aromatic heterocycles. The zero-order valence-electron chi connectivity index (χ0n) is 13.9. The van der Waals surface area contributed by atoms with E-state index >= 15 is 0 Å². The normalized spacial score (nSPS) is 12.3. The number of aliphatic hydroxyl groups is 1. The van der Waals surface area contributed by atoms with Crippen molar-refractivity contribution in [1.82, 2.24) is 24.5 Å². The number of hydrogen-bond acceptors (Lipinski definition) is 6. The van der Waals surface area contributed by atoms with Crippen LogP contribution in [0, 0.1) is 24.0 Å². The maximum Gasteiger partial charge on any atom is 0.306 e. The van der Waals surface area contributed by atoms with Crippen LogP contribution in [-0.2, 0) is 13.1 Å². The van der Waals surface area contributed by atoms with Crippen molar-refractivity contribution in [2.45, 2.75) is 33.0 Å². The highest BCUT2D eigenvalue weighted by atomic mass is 16.6. The fourth-order valence-corrected chi connectivity index (χ4v) is 2.60. The molecule has 1 aromatic carbocycles. The number of benzene rings is 1. The molecule has 0 amide bonds. The Morgan fingerprint density at radius 1 is 1.32 bits per heavy atom. The first-order valence-electron chi connectivity index (χ1n) is 7.76. The Hall–Kier alpha value is -3.07. The maximum absolute atomic E-state index is 10.7. The van der Waals surface area contributed by atoms with Gasteiger partial charge in [0.25, 0.3) is 0 Å². The lowest BCUT2D eigenvalue weighted by Crippen LogP contribution is -2.23. The Morgan fingerprint density at radius 3 is 2.80 bits per heavy atom. The zero-order valence-corrected chi connectivity index (χ0v) is 13.9. The van der Waals surface area contributed by atoms with Crippen molar-refractivity contribution in [2.75, 3.05) is 0 Å². The Balaban J connectivity index is 1.77. The molecule has 1 unspecified atom stereocenters. The second-order valence-corrected chi connectivity index (χ2v) is 5.87. The summed E-state index contributed by atoms with van der Waals surface area (Å²) in [6, 6.07) is 7.88. The molecule has 0 aliphatic heterocycles. The van der Waals surface area contributed by atoms with Crippen LogP contribution in [0.1, 0.15) is 11.4 Å². The lowest BCUT2D eigenvalue weighted by molar-refractivity contribution is -0.385. The van der Waals surface area contributed by atoms with E-state index in [-0.39, 0.29) is 18.8 Å². The van der Waals surface area contributed by atoms with Crippen molar-refractivity contribution in [2.24, 2.45) is 0 Å². The average Bonchev–Trinajstić information content (AvgIpc) is 3.14. The predicted octanol–water partition coefficient (Wildman–Crippen LogP) is 1.73. The molecule has 0 aliphatic rings. The van der Waals surface area contributed by atoms with Crippen molar-refractivity contribution in [3.8, 4) is 11.4 Å². The van der Waals surface area contributed by atoms with Gasteiger partial charge in [-0.25, -0.2) is 9.67 Å². The monoisotopic (exact) mass is 342 g/mol. The van der Waals surface area contributed by atoms with Crippen molar-refractivity contribution < 1.29 is 10.0 Å². The molecule has 25 heavy (non-hydrogen) atoms. The maximum atomic E-state index is 10.7. The standard InChI is InChI=1S/C16H18N6O3/c1-11-4-3-5-13(6-11)16-18-12(2)19-21(16)10-15(23)9-20-8-14(7-17-20)22(24)25/h3-8,15,23H,9-10H2,1-2H3. The van der Waals surface area contributed by atoms with Gasteiger partial charge in [-0.2, -0.15) is 10.2 Å². The first-order valence-corrected chi connectivity index (χ1v) is 7.76. The quantitative estimate of drug-likeness (QED) is 0.539. The van der Waals surface area contributed by atoms with Gasteiger partial charge in [-0.1, -0.05) is 23.8 Å². The molecule has 9 heteroatoms. The largest absolute Gasteiger partial charge is 0.389 e. The van der Waals surface area contributed by atoms with Crippen LogP contribution in [0.5, 0.6) is 0 Å². The second-order valence-electron chi connectivity index (χ2n) is 5.87. The summed E-state index contributed by atoms with van der Waals surface area (Å²) in [4.78, 5) is 14.6. The molecule has 0 fully saturated rings. The van der Waals surface area contributed by atoms with E-state index in [1.165, 1.54) is 10.9 Å². The van der Waals surface area contributed by atoms with Crippen LogP contribution in [0.2, 0.25) is 0 Å². The molecule has 2 heterocycles. The highest BCUT2D eigenvalue weighted by molar-refractivity contribution is 5.56. The van der Waals surface area contributed by atoms with Crippen LogP contribution in [-0.4, -0.2) is 40.7 Å². The first kappa shape index (κ1) is 16.8. The molecule has 0 spiro atoms. The number of aryl methyl sites for hydroxylation is 2. The summed E-state index contributed by atoms with van der Waals surface area (Å²) in [6.45, 7) is 4.12. The lowest BCUT2D eigenvalue weighted by Gasteiger charge is -2.12. The van der Waals surface area contributed by atoms with Crippen LogP contribution >= 0.6 is 0 Å². The van der Waals surface area contributed by atoms with E-state index in [0.717, 1.165) is 17.3 Å². The van der Waals surface area contributed by atoms with Crippen molar-refractivity contribution in [3.63, 3.8) is 0 Å². The summed E-state index contributed by atoms with van der Waals surface area (Å²) in [5.41, 5.74) is 1.92. The summed E-state index contributed by atoms with van der Waals surface area (Å²) in [5.74, 6) is 1.28. The Kier molecular flexibility index (Phi) is 4.57. The van der Waals surface area contributed by atoms with Gasteiger partial charge in [0.1, 0.15) is 18.2 Å². The molecular weight excluding hydrogens is 324 g/mol. The summed E-state index contributed by atoms with van der Waals surface area (Å²) < 4.78 is 2.99. The molecule has 0 radical (unpaired) electrons. The molecule has 1 atom stereocenters. The third-order valence-electron chi connectivity index (χ3n) is 3.67. The number of aliphatic hydroxyl groups excluding tert-OH is 1. The number of rotatable bonds is 6. The summed E-state index contributed by atoms with van der Waals surface area (Å²) in [7, 11) is 0. The number of aromatic nitrogens is 5. The van der Waals surface area contributed by atoms with Gasteiger partial charge >= 0.3 is 5.69 Å². The van der Waals surface area contributed by atoms with E-state index in [9.17, 15) is 15.2 Å². The SMILES string of the molecule is Cc1cccc(-c2nc(C)nn2CC(O)Cn2cc([N+](=O)[O-])cn2)c1. The molecule has 130 valence electrons. The minimum absolute atomic E-state index is 0.107. The van der Waals surface area contributed by atoms with E-state index in [4.69, 9.17) is 0 Å². The minimum atomic E-state index is -0.816. The summed E-state index contributed by atoms with van der Waals surface area (Å²) in [6.07, 6.45) is 1.63. The third kappa shape index (κ3) is 3.89. The van der Waals surface area contributed by atoms with Gasteiger partial charge in [0.05, 0.1) is 24.1 Å². The fourth-order valence-electron chi connectivity index (χ4n) is 2.60. The smallest absolute Gasteiger partial charge is 0.306 e. The molecule has 0 bridgehead atoms. The van der Waals surface area contributed by atoms with E-state index < -0.39 is 11.0 Å². The van der Waals surface area contributed by atoms with Crippen molar-refractivity contribution >= 4 is 5.69 Å². The van der Waals surface area contributed by atoms with E-state index in [0.29, 0.717) is 11.6 Å². The summed E-state index contributed by atoms with van der Waals surface area (Å²) >= 11 is 0. The highest BCUT2D eigenvalue weighted by Gasteiger charge is 2.16. The number of hydrogen-bond donors (Lipinski definition) is 1. The molecule has 9 nitrogen and oxygen atoms in total. The van der Waals surface area contributed by atoms with Crippen LogP contribution in [0.4, 0.5) is 5.69 Å². The molecular formula is C16H18N6O3. The molecule has 0 saturated heterocycles. The van der Waals surface area contributed by atoms with Crippen LogP contribution in [0.3, 0.4) is 0 Å². The predicted molar refractivity (Wildman–Crippen MR) is 89.8 cm³/mol. The van der Waals surface area contributed by atoms with Crippen molar-refractivity contribution in [3.05, 3.63) is 58.2 Å². The van der Waals surface area contributed by atoms with E-state index in [2.05, 4.69) is 15.2 Å². The van der Waals surface area contributed by atoms with E-state index in [1.807, 2.05) is 31.2 Å². The fraction of sp³-hybridized carbons (Fsp3) is 0.312. The van der Waals surface area contributed by atoms with Gasteiger partial charge in [-0.15, -0.1) is 0 Å². The minimum Gasteiger partial charge on any atom is -0.389 e. The zero-order chi connectivity index (χ0) is 18.0. The third-order valence-corrected chi connectivity index (χ3v) is 3.67.